The molecule has 0 radical (unpaired) electrons. The molecular weight excluding hydrogens is 544 g/mol. The lowest BCUT2D eigenvalue weighted by Crippen LogP contribution is -1.93. The summed E-state index contributed by atoms with van der Waals surface area (Å²) in [6.07, 6.45) is 2.05. The van der Waals surface area contributed by atoms with Crippen LogP contribution in [0, 0.1) is 0 Å². The molecule has 9 aromatic rings. The maximum absolute atomic E-state index is 5.17. The van der Waals surface area contributed by atoms with E-state index in [0.717, 1.165) is 16.9 Å². The minimum Gasteiger partial charge on any atom is -0.309 e. The van der Waals surface area contributed by atoms with Crippen LogP contribution in [0.2, 0.25) is 0 Å². The van der Waals surface area contributed by atoms with Gasteiger partial charge in [-0.1, -0.05) is 133 Å². The van der Waals surface area contributed by atoms with E-state index in [1.807, 2.05) is 6.20 Å². The molecule has 0 unspecified atom stereocenters. The number of hydrogen-bond acceptors (Lipinski definition) is 1. The van der Waals surface area contributed by atoms with E-state index in [1.165, 1.54) is 65.6 Å². The molecule has 0 saturated carbocycles. The summed E-state index contributed by atoms with van der Waals surface area (Å²) in [5.74, 6) is 0. The van der Waals surface area contributed by atoms with E-state index in [0.29, 0.717) is 0 Å². The largest absolute Gasteiger partial charge is 0.309 e. The summed E-state index contributed by atoms with van der Waals surface area (Å²) in [7, 11) is 0. The summed E-state index contributed by atoms with van der Waals surface area (Å²) in [6, 6.07) is 58.5. The first-order valence-corrected chi connectivity index (χ1v) is 15.4. The summed E-state index contributed by atoms with van der Waals surface area (Å²) in [6.45, 7) is 0. The summed E-state index contributed by atoms with van der Waals surface area (Å²) < 4.78 is 2.36. The van der Waals surface area contributed by atoms with Gasteiger partial charge in [-0.15, -0.1) is 0 Å². The Morgan fingerprint density at radius 2 is 0.933 bits per heavy atom. The second-order valence-corrected chi connectivity index (χ2v) is 11.5. The third kappa shape index (κ3) is 4.00. The number of hydrogen-bond donors (Lipinski definition) is 0. The highest BCUT2D eigenvalue weighted by Gasteiger charge is 2.19. The Morgan fingerprint density at radius 3 is 1.58 bits per heavy atom. The fraction of sp³-hybridized carbons (Fsp3) is 0. The minimum absolute atomic E-state index is 0.977. The number of pyridine rings is 1. The lowest BCUT2D eigenvalue weighted by molar-refractivity contribution is 1.18. The van der Waals surface area contributed by atoms with Gasteiger partial charge in [0.1, 0.15) is 0 Å². The first kappa shape index (κ1) is 25.5. The van der Waals surface area contributed by atoms with Crippen molar-refractivity contribution in [1.82, 2.24) is 9.55 Å². The molecule has 0 aliphatic heterocycles. The average Bonchev–Trinajstić information content (AvgIpc) is 3.46. The molecule has 0 spiro atoms. The molecule has 9 rings (SSSR count). The lowest BCUT2D eigenvalue weighted by atomic mass is 9.87. The van der Waals surface area contributed by atoms with Crippen molar-refractivity contribution in [1.29, 1.82) is 0 Å². The second kappa shape index (κ2) is 10.3. The first-order chi connectivity index (χ1) is 22.4. The SMILES string of the molecule is c1ccc(-c2c3ccccc3c(-c3ccc(-c4cccc5c4c4ccccc4n5-c4ccccc4)cn3)c3ccccc23)cc1. The summed E-state index contributed by atoms with van der Waals surface area (Å²) >= 11 is 0. The van der Waals surface area contributed by atoms with E-state index in [9.17, 15) is 0 Å². The standard InChI is InChI=1S/C43H28N2/c1-3-14-29(15-4-1)41-33-18-7-9-20-35(33)42(36-21-10-8-19-34(36)41)38-27-26-30(28-44-38)32-23-13-25-40-43(32)37-22-11-12-24-39(37)45(40)31-16-5-2-6-17-31/h1-28H. The van der Waals surface area contributed by atoms with Gasteiger partial charge in [0, 0.05) is 33.8 Å². The van der Waals surface area contributed by atoms with Gasteiger partial charge in [0.05, 0.1) is 16.7 Å². The van der Waals surface area contributed by atoms with Crippen molar-refractivity contribution in [3.63, 3.8) is 0 Å². The van der Waals surface area contributed by atoms with Crippen LogP contribution in [0.1, 0.15) is 0 Å². The van der Waals surface area contributed by atoms with Crippen molar-refractivity contribution in [2.45, 2.75) is 0 Å². The zero-order valence-corrected chi connectivity index (χ0v) is 24.6. The number of benzene rings is 7. The topological polar surface area (TPSA) is 17.8 Å². The van der Waals surface area contributed by atoms with E-state index >= 15 is 0 Å². The molecule has 0 amide bonds. The van der Waals surface area contributed by atoms with Gasteiger partial charge in [0.15, 0.2) is 0 Å². The predicted molar refractivity (Wildman–Crippen MR) is 190 cm³/mol. The Hall–Kier alpha value is -5.99. The van der Waals surface area contributed by atoms with Gasteiger partial charge < -0.3 is 4.57 Å². The minimum atomic E-state index is 0.977. The zero-order valence-electron chi connectivity index (χ0n) is 24.6. The van der Waals surface area contributed by atoms with E-state index in [-0.39, 0.29) is 0 Å². The van der Waals surface area contributed by atoms with Gasteiger partial charge in [-0.2, -0.15) is 0 Å². The number of para-hydroxylation sites is 2. The first-order valence-electron chi connectivity index (χ1n) is 15.4. The van der Waals surface area contributed by atoms with Gasteiger partial charge in [0.2, 0.25) is 0 Å². The molecule has 210 valence electrons. The molecule has 2 nitrogen and oxygen atoms in total. The Labute approximate surface area is 261 Å². The van der Waals surface area contributed by atoms with E-state index in [4.69, 9.17) is 4.98 Å². The zero-order chi connectivity index (χ0) is 29.7. The summed E-state index contributed by atoms with van der Waals surface area (Å²) in [5, 5.41) is 7.38. The molecule has 0 saturated heterocycles. The van der Waals surface area contributed by atoms with Gasteiger partial charge in [0.25, 0.3) is 0 Å². The van der Waals surface area contributed by atoms with Crippen LogP contribution in [0.25, 0.3) is 82.5 Å². The fourth-order valence-corrected chi connectivity index (χ4v) is 7.14. The smallest absolute Gasteiger partial charge is 0.0714 e. The Bertz CT molecular complexity index is 2450. The quantitative estimate of drug-likeness (QED) is 0.192. The maximum atomic E-state index is 5.17. The number of fused-ring (bicyclic) bond motifs is 5. The number of rotatable bonds is 4. The van der Waals surface area contributed by atoms with Crippen LogP contribution in [0.5, 0.6) is 0 Å². The Balaban J connectivity index is 1.26. The molecule has 0 fully saturated rings. The van der Waals surface area contributed by atoms with Crippen LogP contribution in [-0.2, 0) is 0 Å². The van der Waals surface area contributed by atoms with Gasteiger partial charge in [-0.3, -0.25) is 4.98 Å². The molecule has 0 aliphatic carbocycles. The molecule has 0 bridgehead atoms. The molecule has 7 aromatic carbocycles. The van der Waals surface area contributed by atoms with E-state index in [1.54, 1.807) is 0 Å². The average molecular weight is 573 g/mol. The normalized spacial score (nSPS) is 11.6. The van der Waals surface area contributed by atoms with Gasteiger partial charge in [-0.25, -0.2) is 0 Å². The number of aromatic nitrogens is 2. The third-order valence-corrected chi connectivity index (χ3v) is 9.04. The molecule has 2 heterocycles. The monoisotopic (exact) mass is 572 g/mol. The Kier molecular flexibility index (Phi) is 5.85. The molecule has 2 heteroatoms. The van der Waals surface area contributed by atoms with Crippen molar-refractivity contribution in [3.05, 3.63) is 170 Å². The molecule has 0 N–H and O–H groups in total. The van der Waals surface area contributed by atoms with Crippen molar-refractivity contribution < 1.29 is 0 Å². The lowest BCUT2D eigenvalue weighted by Gasteiger charge is -2.17. The number of nitrogens with zero attached hydrogens (tertiary/aromatic N) is 2. The third-order valence-electron chi connectivity index (χ3n) is 9.04. The van der Waals surface area contributed by atoms with Crippen LogP contribution in [0.15, 0.2) is 170 Å². The van der Waals surface area contributed by atoms with Crippen molar-refractivity contribution in [2.75, 3.05) is 0 Å². The highest BCUT2D eigenvalue weighted by Crippen LogP contribution is 2.44. The molecule has 45 heavy (non-hydrogen) atoms. The van der Waals surface area contributed by atoms with E-state index in [2.05, 4.69) is 168 Å². The maximum Gasteiger partial charge on any atom is 0.0714 e. The van der Waals surface area contributed by atoms with Crippen molar-refractivity contribution in [2.24, 2.45) is 0 Å². The van der Waals surface area contributed by atoms with E-state index < -0.39 is 0 Å². The van der Waals surface area contributed by atoms with Crippen LogP contribution in [0.3, 0.4) is 0 Å². The van der Waals surface area contributed by atoms with Gasteiger partial charge >= 0.3 is 0 Å². The molecular formula is C43H28N2. The molecule has 0 aliphatic rings. The molecule has 2 aromatic heterocycles. The van der Waals surface area contributed by atoms with Crippen LogP contribution in [0.4, 0.5) is 0 Å². The predicted octanol–water partition coefficient (Wildman–Crippen LogP) is 11.5. The molecule has 0 atom stereocenters. The van der Waals surface area contributed by atoms with Gasteiger partial charge in [-0.05, 0) is 68.6 Å². The van der Waals surface area contributed by atoms with Crippen LogP contribution >= 0.6 is 0 Å². The van der Waals surface area contributed by atoms with Crippen LogP contribution < -0.4 is 0 Å². The van der Waals surface area contributed by atoms with Crippen LogP contribution in [-0.4, -0.2) is 9.55 Å². The Morgan fingerprint density at radius 1 is 0.378 bits per heavy atom. The summed E-state index contributed by atoms with van der Waals surface area (Å²) in [4.78, 5) is 5.17. The highest BCUT2D eigenvalue weighted by atomic mass is 15.0. The highest BCUT2D eigenvalue weighted by molar-refractivity contribution is 6.21. The second-order valence-electron chi connectivity index (χ2n) is 11.5. The van der Waals surface area contributed by atoms with Crippen molar-refractivity contribution >= 4 is 43.4 Å². The fourth-order valence-electron chi connectivity index (χ4n) is 7.14. The summed E-state index contributed by atoms with van der Waals surface area (Å²) in [5.41, 5.74) is 10.5. The van der Waals surface area contributed by atoms with Crippen molar-refractivity contribution in [3.8, 4) is 39.2 Å².